The Balaban J connectivity index is 1.95. The zero-order valence-corrected chi connectivity index (χ0v) is 15.7. The van der Waals surface area contributed by atoms with Gasteiger partial charge in [0.15, 0.2) is 11.0 Å². The van der Waals surface area contributed by atoms with Gasteiger partial charge in [0.25, 0.3) is 0 Å². The Morgan fingerprint density at radius 2 is 1.93 bits per heavy atom. The number of anilines is 1. The molecule has 0 bridgehead atoms. The van der Waals surface area contributed by atoms with Crippen LogP contribution in [0.3, 0.4) is 0 Å². The van der Waals surface area contributed by atoms with E-state index in [0.29, 0.717) is 21.9 Å². The van der Waals surface area contributed by atoms with E-state index in [1.807, 2.05) is 6.07 Å². The van der Waals surface area contributed by atoms with E-state index in [1.54, 1.807) is 36.4 Å². The van der Waals surface area contributed by atoms with E-state index < -0.39 is 11.0 Å². The number of rotatable bonds is 7. The molecule has 0 aliphatic heterocycles. The molecule has 2 heterocycles. The van der Waals surface area contributed by atoms with Gasteiger partial charge in [0.2, 0.25) is 10.9 Å². The summed E-state index contributed by atoms with van der Waals surface area (Å²) < 4.78 is 21.0. The molecule has 27 heavy (non-hydrogen) atoms. The van der Waals surface area contributed by atoms with Crippen molar-refractivity contribution >= 4 is 46.2 Å². The van der Waals surface area contributed by atoms with Crippen molar-refractivity contribution in [3.05, 3.63) is 89.4 Å². The predicted molar refractivity (Wildman–Crippen MR) is 108 cm³/mol. The van der Waals surface area contributed by atoms with Crippen LogP contribution in [-0.2, 0) is 11.0 Å². The Morgan fingerprint density at radius 3 is 2.56 bits per heavy atom. The van der Waals surface area contributed by atoms with Crippen molar-refractivity contribution in [1.29, 1.82) is 0 Å². The highest BCUT2D eigenvalue weighted by Gasteiger charge is 2.19. The molecule has 0 amide bonds. The first-order valence-electron chi connectivity index (χ1n) is 7.86. The molecule has 5 nitrogen and oxygen atoms in total. The normalized spacial score (nSPS) is 11.6. The third-order valence-electron chi connectivity index (χ3n) is 3.66. The Labute approximate surface area is 164 Å². The first-order valence-corrected chi connectivity index (χ1v) is 9.38. The minimum absolute atomic E-state index is 0.110. The first-order chi connectivity index (χ1) is 13.0. The minimum Gasteiger partial charge on any atom is -0.445 e. The molecule has 1 unspecified atom stereocenters. The van der Waals surface area contributed by atoms with E-state index in [0.717, 1.165) is 0 Å². The fourth-order valence-electron chi connectivity index (χ4n) is 2.38. The van der Waals surface area contributed by atoms with E-state index in [1.165, 1.54) is 18.3 Å². The molecular weight excluding hydrogens is 384 g/mol. The molecule has 1 aromatic carbocycles. The summed E-state index contributed by atoms with van der Waals surface area (Å²) in [5, 5.41) is 0.468. The van der Waals surface area contributed by atoms with Gasteiger partial charge in [-0.3, -0.25) is 9.52 Å². The van der Waals surface area contributed by atoms with Crippen LogP contribution in [0.2, 0.25) is 5.02 Å². The van der Waals surface area contributed by atoms with Crippen molar-refractivity contribution in [1.82, 2.24) is 4.98 Å². The van der Waals surface area contributed by atoms with Gasteiger partial charge in [-0.25, -0.2) is 9.19 Å². The lowest BCUT2D eigenvalue weighted by molar-refractivity contribution is 0.103. The number of ketones is 1. The van der Waals surface area contributed by atoms with Crippen molar-refractivity contribution < 1.29 is 13.4 Å². The molecule has 0 saturated carbocycles. The smallest absolute Gasteiger partial charge is 0.213 e. The van der Waals surface area contributed by atoms with E-state index in [-0.39, 0.29) is 22.3 Å². The van der Waals surface area contributed by atoms with Crippen molar-refractivity contribution in [2.75, 3.05) is 4.72 Å². The fraction of sp³-hybridized carbons (Fsp3) is 0. The van der Waals surface area contributed by atoms with Gasteiger partial charge in [-0.05, 0) is 12.1 Å². The number of halogens is 1. The predicted octanol–water partition coefficient (Wildman–Crippen LogP) is 4.98. The van der Waals surface area contributed by atoms with E-state index in [4.69, 9.17) is 16.0 Å². The molecule has 0 fully saturated rings. The van der Waals surface area contributed by atoms with Crippen molar-refractivity contribution in [2.24, 2.45) is 0 Å². The third kappa shape index (κ3) is 4.07. The number of carbonyl (C=O) groups excluding carboxylic acids is 1. The fourth-order valence-corrected chi connectivity index (χ4v) is 3.39. The van der Waals surface area contributed by atoms with Crippen LogP contribution < -0.4 is 4.72 Å². The maximum Gasteiger partial charge on any atom is 0.213 e. The number of pyridine rings is 1. The molecule has 1 atom stereocenters. The Morgan fingerprint density at radius 1 is 1.19 bits per heavy atom. The first kappa shape index (κ1) is 18.8. The highest BCUT2D eigenvalue weighted by molar-refractivity contribution is 7.86. The summed E-state index contributed by atoms with van der Waals surface area (Å²) in [6.07, 6.45) is 4.44. The second-order valence-corrected chi connectivity index (χ2v) is 6.99. The zero-order chi connectivity index (χ0) is 19.4. The van der Waals surface area contributed by atoms with Gasteiger partial charge < -0.3 is 4.42 Å². The van der Waals surface area contributed by atoms with Crippen LogP contribution in [0.4, 0.5) is 5.69 Å². The quantitative estimate of drug-likeness (QED) is 0.569. The van der Waals surface area contributed by atoms with Crippen LogP contribution in [0.1, 0.15) is 27.4 Å². The summed E-state index contributed by atoms with van der Waals surface area (Å²) in [5.74, 6) is 0.143. The van der Waals surface area contributed by atoms with Gasteiger partial charge in [-0.2, -0.15) is 0 Å². The maximum atomic E-state index is 12.8. The number of hydrogen-bond acceptors (Lipinski definition) is 4. The Hall–Kier alpha value is -2.96. The number of aromatic nitrogens is 1. The summed E-state index contributed by atoms with van der Waals surface area (Å²) in [6, 6.07) is 11.8. The lowest BCUT2D eigenvalue weighted by atomic mass is 10.1. The number of carbonyl (C=O) groups is 1. The van der Waals surface area contributed by atoms with Gasteiger partial charge in [0.05, 0.1) is 10.7 Å². The Kier molecular flexibility index (Phi) is 5.69. The maximum absolute atomic E-state index is 12.8. The zero-order valence-electron chi connectivity index (χ0n) is 14.1. The SMILES string of the molecule is C=Cc1cc(S(=O)Nc2cc(Cl)cnc2C(=O)c2ccccc2)oc1C=C. The average molecular weight is 399 g/mol. The second-order valence-electron chi connectivity index (χ2n) is 5.41. The topological polar surface area (TPSA) is 72.2 Å². The standard InChI is InChI=1S/C20H15ClN2O3S/c1-3-13-10-18(26-17(13)4-2)27(25)23-16-11-15(21)12-22-19(16)20(24)14-8-6-5-7-9-14/h3-12,23H,1-2H2. The summed E-state index contributed by atoms with van der Waals surface area (Å²) >= 11 is 6.01. The van der Waals surface area contributed by atoms with Gasteiger partial charge in [-0.15, -0.1) is 0 Å². The van der Waals surface area contributed by atoms with Gasteiger partial charge >= 0.3 is 0 Å². The molecule has 0 saturated heterocycles. The van der Waals surface area contributed by atoms with Crippen LogP contribution in [0.15, 0.2) is 71.3 Å². The van der Waals surface area contributed by atoms with E-state index >= 15 is 0 Å². The van der Waals surface area contributed by atoms with Crippen LogP contribution >= 0.6 is 11.6 Å². The van der Waals surface area contributed by atoms with Crippen LogP contribution in [0.5, 0.6) is 0 Å². The minimum atomic E-state index is -1.78. The summed E-state index contributed by atoms with van der Waals surface area (Å²) in [5.41, 5.74) is 1.48. The highest BCUT2D eigenvalue weighted by atomic mass is 35.5. The third-order valence-corrected chi connectivity index (χ3v) is 4.84. The van der Waals surface area contributed by atoms with Crippen molar-refractivity contribution in [3.63, 3.8) is 0 Å². The second kappa shape index (κ2) is 8.16. The molecule has 136 valence electrons. The number of benzene rings is 1. The monoisotopic (exact) mass is 398 g/mol. The molecule has 2 aromatic heterocycles. The Bertz CT molecular complexity index is 1020. The molecule has 7 heteroatoms. The molecule has 3 rings (SSSR count). The average Bonchev–Trinajstić information content (AvgIpc) is 3.12. The molecule has 1 N–H and O–H groups in total. The van der Waals surface area contributed by atoms with Crippen molar-refractivity contribution in [2.45, 2.75) is 5.09 Å². The summed E-state index contributed by atoms with van der Waals surface area (Å²) in [4.78, 5) is 16.9. The molecular formula is C20H15ClN2O3S. The van der Waals surface area contributed by atoms with Crippen LogP contribution in [0, 0.1) is 0 Å². The van der Waals surface area contributed by atoms with Gasteiger partial charge in [0.1, 0.15) is 11.5 Å². The number of nitrogens with one attached hydrogen (secondary N) is 1. The van der Waals surface area contributed by atoms with Crippen molar-refractivity contribution in [3.8, 4) is 0 Å². The van der Waals surface area contributed by atoms with E-state index in [9.17, 15) is 9.00 Å². The lowest BCUT2D eigenvalue weighted by Crippen LogP contribution is -2.12. The molecule has 3 aromatic rings. The summed E-state index contributed by atoms with van der Waals surface area (Å²) in [7, 11) is -1.78. The molecule has 0 aliphatic rings. The largest absolute Gasteiger partial charge is 0.445 e. The van der Waals surface area contributed by atoms with Gasteiger partial charge in [0, 0.05) is 23.4 Å². The summed E-state index contributed by atoms with van der Waals surface area (Å²) in [6.45, 7) is 7.33. The van der Waals surface area contributed by atoms with Crippen LogP contribution in [-0.4, -0.2) is 15.0 Å². The lowest BCUT2D eigenvalue weighted by Gasteiger charge is -2.09. The number of nitrogens with zero attached hydrogens (tertiary/aromatic N) is 1. The van der Waals surface area contributed by atoms with Crippen LogP contribution in [0.25, 0.3) is 12.2 Å². The van der Waals surface area contributed by atoms with Gasteiger partial charge in [-0.1, -0.05) is 61.2 Å². The number of hydrogen-bond donors (Lipinski definition) is 1. The molecule has 0 radical (unpaired) electrons. The highest BCUT2D eigenvalue weighted by Crippen LogP contribution is 2.25. The molecule has 0 aliphatic carbocycles. The molecule has 0 spiro atoms. The van der Waals surface area contributed by atoms with E-state index in [2.05, 4.69) is 22.9 Å². The number of furan rings is 1.